The zero-order valence-electron chi connectivity index (χ0n) is 12.9. The molecule has 2 aliphatic rings. The molecule has 2 unspecified atom stereocenters. The second-order valence-electron chi connectivity index (χ2n) is 6.86. The van der Waals surface area contributed by atoms with Crippen LogP contribution in [0.1, 0.15) is 45.4 Å². The van der Waals surface area contributed by atoms with Crippen LogP contribution in [0.3, 0.4) is 0 Å². The molecule has 0 amide bonds. The molecule has 2 fully saturated rings. The number of para-hydroxylation sites is 1. The van der Waals surface area contributed by atoms with Crippen molar-refractivity contribution in [3.05, 3.63) is 30.3 Å². The number of hydrogen-bond donors (Lipinski definition) is 1. The Hall–Kier alpha value is -1.02. The van der Waals surface area contributed by atoms with Crippen molar-refractivity contribution in [2.24, 2.45) is 5.41 Å². The molecule has 0 radical (unpaired) electrons. The first-order valence-corrected chi connectivity index (χ1v) is 8.23. The Kier molecular flexibility index (Phi) is 4.02. The number of benzene rings is 1. The van der Waals surface area contributed by atoms with Gasteiger partial charge in [0.2, 0.25) is 0 Å². The summed E-state index contributed by atoms with van der Waals surface area (Å²) in [5, 5.41) is 3.86. The first kappa shape index (κ1) is 13.9. The second-order valence-corrected chi connectivity index (χ2v) is 6.86. The fourth-order valence-corrected chi connectivity index (χ4v) is 4.06. The fraction of sp³-hybridized carbons (Fsp3) is 0.667. The van der Waals surface area contributed by atoms with Crippen molar-refractivity contribution in [1.29, 1.82) is 0 Å². The lowest BCUT2D eigenvalue weighted by Crippen LogP contribution is -2.54. The molecule has 20 heavy (non-hydrogen) atoms. The Morgan fingerprint density at radius 1 is 1.20 bits per heavy atom. The van der Waals surface area contributed by atoms with Crippen LogP contribution >= 0.6 is 0 Å². The molecule has 2 aliphatic carbocycles. The van der Waals surface area contributed by atoms with Crippen LogP contribution in [-0.2, 0) is 0 Å². The number of nitrogens with one attached hydrogen (secondary N) is 1. The molecule has 2 nitrogen and oxygen atoms in total. The summed E-state index contributed by atoms with van der Waals surface area (Å²) in [5.74, 6) is 0. The standard InChI is InChI=1S/C18H28N2/c1-15(20(2)16-8-4-3-5-9-16)14-19-17-10-13-18(17)11-6-7-12-18/h3-5,8-9,15,17,19H,6-7,10-14H2,1-2H3. The second kappa shape index (κ2) is 5.77. The van der Waals surface area contributed by atoms with Gasteiger partial charge in [0.25, 0.3) is 0 Å². The van der Waals surface area contributed by atoms with Crippen molar-refractivity contribution in [2.75, 3.05) is 18.5 Å². The summed E-state index contributed by atoms with van der Waals surface area (Å²) >= 11 is 0. The van der Waals surface area contributed by atoms with Gasteiger partial charge in [0, 0.05) is 31.4 Å². The molecule has 0 heterocycles. The van der Waals surface area contributed by atoms with E-state index in [2.05, 4.69) is 54.5 Å². The highest BCUT2D eigenvalue weighted by molar-refractivity contribution is 5.46. The summed E-state index contributed by atoms with van der Waals surface area (Å²) in [7, 11) is 2.20. The predicted octanol–water partition coefficient (Wildman–Crippen LogP) is 3.82. The number of anilines is 1. The van der Waals surface area contributed by atoms with E-state index >= 15 is 0 Å². The van der Waals surface area contributed by atoms with Crippen molar-refractivity contribution >= 4 is 5.69 Å². The van der Waals surface area contributed by atoms with E-state index in [1.54, 1.807) is 0 Å². The molecule has 0 aromatic heterocycles. The van der Waals surface area contributed by atoms with Crippen molar-refractivity contribution in [3.63, 3.8) is 0 Å². The Bertz CT molecular complexity index is 422. The molecule has 1 aromatic rings. The van der Waals surface area contributed by atoms with E-state index in [1.165, 1.54) is 44.2 Å². The maximum absolute atomic E-state index is 3.86. The summed E-state index contributed by atoms with van der Waals surface area (Å²) in [4.78, 5) is 2.38. The number of likely N-dealkylation sites (N-methyl/N-ethyl adjacent to an activating group) is 1. The van der Waals surface area contributed by atoms with Crippen molar-refractivity contribution in [2.45, 2.75) is 57.5 Å². The molecule has 1 N–H and O–H groups in total. The van der Waals surface area contributed by atoms with Crippen LogP contribution in [-0.4, -0.2) is 25.7 Å². The fourth-order valence-electron chi connectivity index (χ4n) is 4.06. The van der Waals surface area contributed by atoms with Crippen LogP contribution < -0.4 is 10.2 Å². The molecule has 1 spiro atoms. The smallest absolute Gasteiger partial charge is 0.0383 e. The van der Waals surface area contributed by atoms with Crippen molar-refractivity contribution < 1.29 is 0 Å². The molecule has 3 rings (SSSR count). The highest BCUT2D eigenvalue weighted by atomic mass is 15.2. The summed E-state index contributed by atoms with van der Waals surface area (Å²) in [5.41, 5.74) is 2.00. The van der Waals surface area contributed by atoms with Crippen molar-refractivity contribution in [3.8, 4) is 0 Å². The summed E-state index contributed by atoms with van der Waals surface area (Å²) in [6, 6.07) is 12.0. The highest BCUT2D eigenvalue weighted by Gasteiger charge is 2.47. The maximum Gasteiger partial charge on any atom is 0.0383 e. The third-order valence-electron chi connectivity index (χ3n) is 5.75. The monoisotopic (exact) mass is 272 g/mol. The molecule has 1 aromatic carbocycles. The Balaban J connectivity index is 1.51. The SMILES string of the molecule is CC(CNC1CCC12CCCC2)N(C)c1ccccc1. The normalized spacial score (nSPS) is 25.4. The van der Waals surface area contributed by atoms with Gasteiger partial charge in [-0.2, -0.15) is 0 Å². The highest BCUT2D eigenvalue weighted by Crippen LogP contribution is 2.53. The largest absolute Gasteiger partial charge is 0.371 e. The third-order valence-corrected chi connectivity index (χ3v) is 5.75. The summed E-state index contributed by atoms with van der Waals surface area (Å²) in [6.07, 6.45) is 8.70. The van der Waals surface area contributed by atoms with Crippen LogP contribution in [0.25, 0.3) is 0 Å². The number of hydrogen-bond acceptors (Lipinski definition) is 2. The average molecular weight is 272 g/mol. The lowest BCUT2D eigenvalue weighted by Gasteiger charge is -2.48. The van der Waals surface area contributed by atoms with E-state index < -0.39 is 0 Å². The summed E-state index contributed by atoms with van der Waals surface area (Å²) < 4.78 is 0. The lowest BCUT2D eigenvalue weighted by atomic mass is 9.63. The van der Waals surface area contributed by atoms with Gasteiger partial charge in [0.1, 0.15) is 0 Å². The third kappa shape index (κ3) is 2.58. The average Bonchev–Trinajstić information content (AvgIpc) is 2.98. The van der Waals surface area contributed by atoms with Crippen LogP contribution in [0.4, 0.5) is 5.69 Å². The van der Waals surface area contributed by atoms with E-state index in [4.69, 9.17) is 0 Å². The maximum atomic E-state index is 3.86. The Labute approximate surface area is 123 Å². The Morgan fingerprint density at radius 3 is 2.50 bits per heavy atom. The molecule has 2 heteroatoms. The minimum Gasteiger partial charge on any atom is -0.371 e. The molecule has 0 aliphatic heterocycles. The molecular formula is C18H28N2. The summed E-state index contributed by atoms with van der Waals surface area (Å²) in [6.45, 7) is 3.41. The quantitative estimate of drug-likeness (QED) is 0.876. The zero-order chi connectivity index (χ0) is 14.0. The van der Waals surface area contributed by atoms with Crippen LogP contribution in [0, 0.1) is 5.41 Å². The first-order chi connectivity index (χ1) is 9.71. The minimum absolute atomic E-state index is 0.538. The van der Waals surface area contributed by atoms with Gasteiger partial charge in [-0.1, -0.05) is 31.0 Å². The van der Waals surface area contributed by atoms with Gasteiger partial charge in [0.05, 0.1) is 0 Å². The molecule has 2 atom stereocenters. The van der Waals surface area contributed by atoms with Crippen LogP contribution in [0.15, 0.2) is 30.3 Å². The number of rotatable bonds is 5. The minimum atomic E-state index is 0.538. The predicted molar refractivity (Wildman–Crippen MR) is 86.2 cm³/mol. The van der Waals surface area contributed by atoms with E-state index in [0.717, 1.165) is 12.6 Å². The van der Waals surface area contributed by atoms with E-state index in [1.807, 2.05) is 0 Å². The van der Waals surface area contributed by atoms with Gasteiger partial charge in [-0.05, 0) is 50.2 Å². The molecule has 0 bridgehead atoms. The van der Waals surface area contributed by atoms with Gasteiger partial charge in [-0.15, -0.1) is 0 Å². The van der Waals surface area contributed by atoms with Gasteiger partial charge in [0.15, 0.2) is 0 Å². The van der Waals surface area contributed by atoms with Gasteiger partial charge in [-0.3, -0.25) is 0 Å². The topological polar surface area (TPSA) is 15.3 Å². The molecule has 0 saturated heterocycles. The number of nitrogens with zero attached hydrogens (tertiary/aromatic N) is 1. The zero-order valence-corrected chi connectivity index (χ0v) is 12.9. The lowest BCUT2D eigenvalue weighted by molar-refractivity contribution is 0.0722. The Morgan fingerprint density at radius 2 is 1.90 bits per heavy atom. The van der Waals surface area contributed by atoms with Crippen LogP contribution in [0.2, 0.25) is 0 Å². The molecule has 110 valence electrons. The van der Waals surface area contributed by atoms with Crippen molar-refractivity contribution in [1.82, 2.24) is 5.32 Å². The molecular weight excluding hydrogens is 244 g/mol. The van der Waals surface area contributed by atoms with Gasteiger partial charge < -0.3 is 10.2 Å². The van der Waals surface area contributed by atoms with Gasteiger partial charge in [-0.25, -0.2) is 0 Å². The van der Waals surface area contributed by atoms with E-state index in [9.17, 15) is 0 Å². The molecule has 2 saturated carbocycles. The van der Waals surface area contributed by atoms with E-state index in [0.29, 0.717) is 11.5 Å². The van der Waals surface area contributed by atoms with E-state index in [-0.39, 0.29) is 0 Å². The first-order valence-electron chi connectivity index (χ1n) is 8.23. The van der Waals surface area contributed by atoms with Gasteiger partial charge >= 0.3 is 0 Å². The van der Waals surface area contributed by atoms with Crippen LogP contribution in [0.5, 0.6) is 0 Å².